The summed E-state index contributed by atoms with van der Waals surface area (Å²) in [6.45, 7) is 2.04. The van der Waals surface area contributed by atoms with Gasteiger partial charge in [0, 0.05) is 10.7 Å². The Bertz CT molecular complexity index is 590. The summed E-state index contributed by atoms with van der Waals surface area (Å²) in [6, 6.07) is 13.7. The number of anilines is 1. The Balaban J connectivity index is 2.25. The molecule has 1 N–H and O–H groups in total. The predicted octanol–water partition coefficient (Wildman–Crippen LogP) is 3.89. The third-order valence-electron chi connectivity index (χ3n) is 2.65. The Hall–Kier alpha value is -1.86. The largest absolute Gasteiger partial charge is 0.362 e. The van der Waals surface area contributed by atoms with Crippen molar-refractivity contribution in [1.29, 1.82) is 5.26 Å². The highest BCUT2D eigenvalue weighted by molar-refractivity contribution is 9.10. The van der Waals surface area contributed by atoms with Crippen LogP contribution in [0.1, 0.15) is 24.1 Å². The molecule has 0 fully saturated rings. The van der Waals surface area contributed by atoms with Crippen molar-refractivity contribution in [2.75, 3.05) is 5.32 Å². The minimum Gasteiger partial charge on any atom is -0.362 e. The minimum absolute atomic E-state index is 0.0718. The molecule has 0 aliphatic rings. The van der Waals surface area contributed by atoms with Gasteiger partial charge in [-0.15, -0.1) is 0 Å². The standard InChI is InChI=1S/C14H12BrN3/c1-10(12-6-2-3-7-13(12)15)18-14-11(9-16)5-4-8-17-14/h2-8,10H,1H3,(H,17,18). The molecule has 0 bridgehead atoms. The Morgan fingerprint density at radius 3 is 2.78 bits per heavy atom. The lowest BCUT2D eigenvalue weighted by molar-refractivity contribution is 0.868. The smallest absolute Gasteiger partial charge is 0.144 e. The molecule has 18 heavy (non-hydrogen) atoms. The molecule has 4 heteroatoms. The van der Waals surface area contributed by atoms with E-state index in [2.05, 4.69) is 32.3 Å². The topological polar surface area (TPSA) is 48.7 Å². The Kier molecular flexibility index (Phi) is 3.96. The van der Waals surface area contributed by atoms with Gasteiger partial charge >= 0.3 is 0 Å². The molecular formula is C14H12BrN3. The van der Waals surface area contributed by atoms with Gasteiger partial charge < -0.3 is 5.32 Å². The highest BCUT2D eigenvalue weighted by Crippen LogP contribution is 2.26. The molecule has 1 heterocycles. The average Bonchev–Trinajstić information content (AvgIpc) is 2.39. The molecule has 1 aromatic heterocycles. The molecular weight excluding hydrogens is 290 g/mol. The summed E-state index contributed by atoms with van der Waals surface area (Å²) in [6.07, 6.45) is 1.68. The minimum atomic E-state index is 0.0718. The fraction of sp³-hybridized carbons (Fsp3) is 0.143. The molecule has 0 saturated carbocycles. The summed E-state index contributed by atoms with van der Waals surface area (Å²) in [5.74, 6) is 0.614. The third-order valence-corrected chi connectivity index (χ3v) is 3.38. The van der Waals surface area contributed by atoms with E-state index in [4.69, 9.17) is 5.26 Å². The molecule has 3 nitrogen and oxygen atoms in total. The first-order chi connectivity index (χ1) is 8.72. The summed E-state index contributed by atoms with van der Waals surface area (Å²) in [5.41, 5.74) is 1.68. The van der Waals surface area contributed by atoms with Crippen molar-refractivity contribution in [2.24, 2.45) is 0 Å². The van der Waals surface area contributed by atoms with Crippen molar-refractivity contribution in [3.63, 3.8) is 0 Å². The zero-order chi connectivity index (χ0) is 13.0. The number of benzene rings is 1. The van der Waals surface area contributed by atoms with Crippen LogP contribution < -0.4 is 5.32 Å². The second-order valence-electron chi connectivity index (χ2n) is 3.90. The lowest BCUT2D eigenvalue weighted by Gasteiger charge is -2.16. The molecule has 1 unspecified atom stereocenters. The van der Waals surface area contributed by atoms with E-state index >= 15 is 0 Å². The number of halogens is 1. The van der Waals surface area contributed by atoms with Crippen LogP contribution in [-0.2, 0) is 0 Å². The van der Waals surface area contributed by atoms with Gasteiger partial charge in [0.15, 0.2) is 0 Å². The van der Waals surface area contributed by atoms with Crippen LogP contribution >= 0.6 is 15.9 Å². The molecule has 0 saturated heterocycles. The fourth-order valence-corrected chi connectivity index (χ4v) is 2.35. The highest BCUT2D eigenvalue weighted by atomic mass is 79.9. The van der Waals surface area contributed by atoms with Gasteiger partial charge in [0.05, 0.1) is 11.6 Å². The number of hydrogen-bond acceptors (Lipinski definition) is 3. The SMILES string of the molecule is CC(Nc1ncccc1C#N)c1ccccc1Br. The van der Waals surface area contributed by atoms with Crippen molar-refractivity contribution in [3.05, 3.63) is 58.2 Å². The van der Waals surface area contributed by atoms with E-state index in [1.165, 1.54) is 0 Å². The number of nitriles is 1. The quantitative estimate of drug-likeness (QED) is 0.935. The molecule has 2 rings (SSSR count). The number of hydrogen-bond donors (Lipinski definition) is 1. The number of aromatic nitrogens is 1. The lowest BCUT2D eigenvalue weighted by Crippen LogP contribution is -2.09. The maximum atomic E-state index is 9.02. The Morgan fingerprint density at radius 1 is 1.28 bits per heavy atom. The van der Waals surface area contributed by atoms with E-state index in [-0.39, 0.29) is 6.04 Å². The molecule has 90 valence electrons. The van der Waals surface area contributed by atoms with Crippen LogP contribution in [0.5, 0.6) is 0 Å². The van der Waals surface area contributed by atoms with Crippen LogP contribution in [-0.4, -0.2) is 4.98 Å². The first kappa shape index (κ1) is 12.6. The Morgan fingerprint density at radius 2 is 2.06 bits per heavy atom. The summed E-state index contributed by atoms with van der Waals surface area (Å²) in [5, 5.41) is 12.3. The molecule has 0 amide bonds. The normalized spacial score (nSPS) is 11.6. The molecule has 0 aliphatic heterocycles. The second kappa shape index (κ2) is 5.65. The van der Waals surface area contributed by atoms with Gasteiger partial charge in [-0.05, 0) is 30.7 Å². The summed E-state index contributed by atoms with van der Waals surface area (Å²) < 4.78 is 1.04. The summed E-state index contributed by atoms with van der Waals surface area (Å²) in [4.78, 5) is 4.20. The molecule has 0 spiro atoms. The van der Waals surface area contributed by atoms with Crippen molar-refractivity contribution in [3.8, 4) is 6.07 Å². The van der Waals surface area contributed by atoms with Gasteiger partial charge in [-0.1, -0.05) is 34.1 Å². The van der Waals surface area contributed by atoms with Gasteiger partial charge in [0.2, 0.25) is 0 Å². The van der Waals surface area contributed by atoms with Crippen molar-refractivity contribution in [2.45, 2.75) is 13.0 Å². The summed E-state index contributed by atoms with van der Waals surface area (Å²) >= 11 is 3.52. The van der Waals surface area contributed by atoms with Gasteiger partial charge in [-0.25, -0.2) is 4.98 Å². The van der Waals surface area contributed by atoms with Crippen LogP contribution in [0.4, 0.5) is 5.82 Å². The molecule has 2 aromatic rings. The van der Waals surface area contributed by atoms with E-state index in [0.717, 1.165) is 10.0 Å². The van der Waals surface area contributed by atoms with Crippen LogP contribution in [0, 0.1) is 11.3 Å². The van der Waals surface area contributed by atoms with E-state index in [9.17, 15) is 0 Å². The summed E-state index contributed by atoms with van der Waals surface area (Å²) in [7, 11) is 0. The van der Waals surface area contributed by atoms with Crippen molar-refractivity contribution < 1.29 is 0 Å². The monoisotopic (exact) mass is 301 g/mol. The fourth-order valence-electron chi connectivity index (χ4n) is 1.72. The van der Waals surface area contributed by atoms with Gasteiger partial charge in [0.25, 0.3) is 0 Å². The first-order valence-electron chi connectivity index (χ1n) is 5.58. The molecule has 1 atom stereocenters. The average molecular weight is 302 g/mol. The first-order valence-corrected chi connectivity index (χ1v) is 6.37. The van der Waals surface area contributed by atoms with Crippen LogP contribution in [0.2, 0.25) is 0 Å². The molecule has 1 aromatic carbocycles. The van der Waals surface area contributed by atoms with Crippen LogP contribution in [0.25, 0.3) is 0 Å². The molecule has 0 aliphatic carbocycles. The zero-order valence-electron chi connectivity index (χ0n) is 9.89. The van der Waals surface area contributed by atoms with Gasteiger partial charge in [-0.3, -0.25) is 0 Å². The van der Waals surface area contributed by atoms with E-state index < -0.39 is 0 Å². The Labute approximate surface area is 115 Å². The highest BCUT2D eigenvalue weighted by Gasteiger charge is 2.11. The third kappa shape index (κ3) is 2.69. The van der Waals surface area contributed by atoms with Crippen LogP contribution in [0.3, 0.4) is 0 Å². The van der Waals surface area contributed by atoms with E-state index in [1.54, 1.807) is 18.3 Å². The number of nitrogens with one attached hydrogen (secondary N) is 1. The van der Waals surface area contributed by atoms with Crippen molar-refractivity contribution in [1.82, 2.24) is 4.98 Å². The van der Waals surface area contributed by atoms with Gasteiger partial charge in [-0.2, -0.15) is 5.26 Å². The lowest BCUT2D eigenvalue weighted by atomic mass is 10.1. The number of rotatable bonds is 3. The maximum Gasteiger partial charge on any atom is 0.144 e. The van der Waals surface area contributed by atoms with E-state index in [0.29, 0.717) is 11.4 Å². The number of nitrogens with zero attached hydrogens (tertiary/aromatic N) is 2. The second-order valence-corrected chi connectivity index (χ2v) is 4.75. The maximum absolute atomic E-state index is 9.02. The van der Waals surface area contributed by atoms with E-state index in [1.807, 2.05) is 31.2 Å². The predicted molar refractivity (Wildman–Crippen MR) is 75.1 cm³/mol. The van der Waals surface area contributed by atoms with Crippen molar-refractivity contribution >= 4 is 21.7 Å². The van der Waals surface area contributed by atoms with Crippen LogP contribution in [0.15, 0.2) is 47.1 Å². The molecule has 0 radical (unpaired) electrons. The van der Waals surface area contributed by atoms with Gasteiger partial charge in [0.1, 0.15) is 11.9 Å². The zero-order valence-corrected chi connectivity index (χ0v) is 11.5. The number of pyridine rings is 1.